The lowest BCUT2D eigenvalue weighted by atomic mass is 10.1. The molecule has 0 radical (unpaired) electrons. The summed E-state index contributed by atoms with van der Waals surface area (Å²) in [7, 11) is 0. The van der Waals surface area contributed by atoms with Crippen LogP contribution in [0.3, 0.4) is 0 Å². The molecule has 0 bridgehead atoms. The van der Waals surface area contributed by atoms with Gasteiger partial charge in [0.2, 0.25) is 0 Å². The van der Waals surface area contributed by atoms with Gasteiger partial charge in [0.05, 0.1) is 0 Å². The maximum Gasteiger partial charge on any atom is 0.404 e. The molecule has 14 heavy (non-hydrogen) atoms. The number of hydrogen-bond acceptors (Lipinski definition) is 3. The molecule has 0 aromatic heterocycles. The molecule has 0 spiro atoms. The number of nitrogens with two attached hydrogens (primary N) is 1. The van der Waals surface area contributed by atoms with Gasteiger partial charge >= 0.3 is 6.09 Å². The summed E-state index contributed by atoms with van der Waals surface area (Å²) in [6, 6.07) is 6.80. The monoisotopic (exact) mass is 257 g/mol. The highest BCUT2D eigenvalue weighted by atomic mass is 79.9. The number of halogens is 1. The number of rotatable bonds is 3. The normalized spacial score (nSPS) is 9.50. The molecule has 1 rings (SSSR count). The third-order valence-corrected chi connectivity index (χ3v) is 1.99. The van der Waals surface area contributed by atoms with Crippen LogP contribution in [0.5, 0.6) is 0 Å². The molecule has 2 N–H and O–H groups in total. The maximum atomic E-state index is 11.3. The molecule has 74 valence electrons. The molecule has 1 amide bonds. The number of Topliss-reactive ketones (excluding diaryl/α,β-unsaturated/α-hetero) is 1. The van der Waals surface area contributed by atoms with Gasteiger partial charge in [-0.05, 0) is 12.1 Å². The highest BCUT2D eigenvalue weighted by Gasteiger charge is 2.07. The molecule has 1 aromatic rings. The Hall–Kier alpha value is -1.36. The van der Waals surface area contributed by atoms with E-state index in [-0.39, 0.29) is 12.4 Å². The topological polar surface area (TPSA) is 69.4 Å². The van der Waals surface area contributed by atoms with E-state index in [4.69, 9.17) is 5.73 Å². The van der Waals surface area contributed by atoms with Gasteiger partial charge in [-0.3, -0.25) is 4.79 Å². The van der Waals surface area contributed by atoms with Crippen LogP contribution < -0.4 is 5.73 Å². The minimum atomic E-state index is -0.951. The zero-order valence-corrected chi connectivity index (χ0v) is 8.78. The van der Waals surface area contributed by atoms with E-state index >= 15 is 0 Å². The summed E-state index contributed by atoms with van der Waals surface area (Å²) in [4.78, 5) is 21.6. The van der Waals surface area contributed by atoms with E-state index in [1.165, 1.54) is 0 Å². The Bertz CT molecular complexity index is 365. The van der Waals surface area contributed by atoms with Crippen molar-refractivity contribution in [2.45, 2.75) is 0 Å². The van der Waals surface area contributed by atoms with Crippen molar-refractivity contribution in [3.8, 4) is 0 Å². The molecule has 0 saturated carbocycles. The quantitative estimate of drug-likeness (QED) is 0.839. The Morgan fingerprint density at radius 2 is 2.14 bits per heavy atom. The van der Waals surface area contributed by atoms with Crippen LogP contribution >= 0.6 is 15.9 Å². The Morgan fingerprint density at radius 1 is 1.43 bits per heavy atom. The summed E-state index contributed by atoms with van der Waals surface area (Å²) in [6.07, 6.45) is -0.951. The molecule has 0 heterocycles. The van der Waals surface area contributed by atoms with E-state index < -0.39 is 6.09 Å². The molecule has 0 atom stereocenters. The van der Waals surface area contributed by atoms with E-state index in [2.05, 4.69) is 20.7 Å². The van der Waals surface area contributed by atoms with Crippen LogP contribution in [0, 0.1) is 0 Å². The highest BCUT2D eigenvalue weighted by Crippen LogP contribution is 2.12. The van der Waals surface area contributed by atoms with E-state index in [1.807, 2.05) is 0 Å². The Morgan fingerprint density at radius 3 is 2.71 bits per heavy atom. The van der Waals surface area contributed by atoms with Crippen molar-refractivity contribution < 1.29 is 14.3 Å². The van der Waals surface area contributed by atoms with Gasteiger partial charge in [-0.15, -0.1) is 0 Å². The summed E-state index contributed by atoms with van der Waals surface area (Å²) >= 11 is 3.23. The van der Waals surface area contributed by atoms with Crippen LogP contribution in [0.15, 0.2) is 28.7 Å². The number of amides is 1. The average molecular weight is 258 g/mol. The van der Waals surface area contributed by atoms with Gasteiger partial charge in [0.25, 0.3) is 0 Å². The van der Waals surface area contributed by atoms with E-state index in [0.29, 0.717) is 5.56 Å². The first-order valence-corrected chi connectivity index (χ1v) is 4.60. The molecular weight excluding hydrogens is 250 g/mol. The predicted octanol–water partition coefficient (Wildman–Crippen LogP) is 1.73. The summed E-state index contributed by atoms with van der Waals surface area (Å²) in [5.74, 6) is -0.287. The van der Waals surface area contributed by atoms with Gasteiger partial charge in [-0.1, -0.05) is 28.1 Å². The van der Waals surface area contributed by atoms with Gasteiger partial charge in [0.15, 0.2) is 12.4 Å². The second-order valence-electron chi connectivity index (χ2n) is 2.54. The van der Waals surface area contributed by atoms with Crippen LogP contribution in [0.4, 0.5) is 4.79 Å². The molecule has 5 heteroatoms. The lowest BCUT2D eigenvalue weighted by Gasteiger charge is -2.01. The van der Waals surface area contributed by atoms with Gasteiger partial charge in [-0.2, -0.15) is 0 Å². The molecule has 0 unspecified atom stereocenters. The van der Waals surface area contributed by atoms with Crippen LogP contribution in [-0.2, 0) is 4.74 Å². The second kappa shape index (κ2) is 4.76. The maximum absolute atomic E-state index is 11.3. The Labute approximate surface area is 89.2 Å². The standard InChI is InChI=1S/C9H8BrNO3/c10-7-3-1-2-6(4-7)8(12)5-14-9(11)13/h1-4H,5H2,(H2,11,13). The smallest absolute Gasteiger partial charge is 0.404 e. The molecule has 4 nitrogen and oxygen atoms in total. The van der Waals surface area contributed by atoms with E-state index in [0.717, 1.165) is 4.47 Å². The molecule has 0 aliphatic heterocycles. The minimum Gasteiger partial charge on any atom is -0.441 e. The van der Waals surface area contributed by atoms with Gasteiger partial charge < -0.3 is 10.5 Å². The minimum absolute atomic E-state index is 0.287. The van der Waals surface area contributed by atoms with Gasteiger partial charge in [0, 0.05) is 10.0 Å². The largest absolute Gasteiger partial charge is 0.441 e. The number of ether oxygens (including phenoxy) is 1. The number of benzene rings is 1. The molecule has 0 aliphatic rings. The zero-order chi connectivity index (χ0) is 10.6. The fourth-order valence-electron chi connectivity index (χ4n) is 0.882. The van der Waals surface area contributed by atoms with Crippen molar-refractivity contribution in [3.63, 3.8) is 0 Å². The predicted molar refractivity (Wildman–Crippen MR) is 54.0 cm³/mol. The van der Waals surface area contributed by atoms with Crippen molar-refractivity contribution in [2.24, 2.45) is 5.73 Å². The fraction of sp³-hybridized carbons (Fsp3) is 0.111. The fourth-order valence-corrected chi connectivity index (χ4v) is 1.28. The molecule has 0 fully saturated rings. The molecular formula is C9H8BrNO3. The lowest BCUT2D eigenvalue weighted by Crippen LogP contribution is -2.18. The van der Waals surface area contributed by atoms with Crippen molar-refractivity contribution >= 4 is 27.8 Å². The van der Waals surface area contributed by atoms with Crippen LogP contribution in [0.2, 0.25) is 0 Å². The van der Waals surface area contributed by atoms with Crippen molar-refractivity contribution in [1.82, 2.24) is 0 Å². The number of ketones is 1. The second-order valence-corrected chi connectivity index (χ2v) is 3.46. The number of carbonyl (C=O) groups excluding carboxylic acids is 2. The third kappa shape index (κ3) is 3.18. The van der Waals surface area contributed by atoms with Crippen molar-refractivity contribution in [2.75, 3.05) is 6.61 Å². The Kier molecular flexibility index (Phi) is 3.64. The van der Waals surface area contributed by atoms with E-state index in [9.17, 15) is 9.59 Å². The SMILES string of the molecule is NC(=O)OCC(=O)c1cccc(Br)c1. The summed E-state index contributed by atoms with van der Waals surface area (Å²) in [5, 5.41) is 0. The zero-order valence-electron chi connectivity index (χ0n) is 7.20. The first-order valence-electron chi connectivity index (χ1n) is 3.80. The molecule has 0 aliphatic carbocycles. The highest BCUT2D eigenvalue weighted by molar-refractivity contribution is 9.10. The van der Waals surface area contributed by atoms with Crippen molar-refractivity contribution in [3.05, 3.63) is 34.3 Å². The van der Waals surface area contributed by atoms with Gasteiger partial charge in [0.1, 0.15) is 0 Å². The Balaban J connectivity index is 2.65. The van der Waals surface area contributed by atoms with E-state index in [1.54, 1.807) is 24.3 Å². The molecule has 1 aromatic carbocycles. The third-order valence-electron chi connectivity index (χ3n) is 1.49. The summed E-state index contributed by atoms with van der Waals surface area (Å²) in [5.41, 5.74) is 5.20. The number of primary amides is 1. The van der Waals surface area contributed by atoms with Gasteiger partial charge in [-0.25, -0.2) is 4.79 Å². The number of hydrogen-bond donors (Lipinski definition) is 1. The number of carbonyl (C=O) groups is 2. The first kappa shape index (κ1) is 10.7. The molecule has 0 saturated heterocycles. The van der Waals surface area contributed by atoms with Crippen LogP contribution in [0.1, 0.15) is 10.4 Å². The first-order chi connectivity index (χ1) is 6.59. The summed E-state index contributed by atoms with van der Waals surface area (Å²) in [6.45, 7) is -0.328. The van der Waals surface area contributed by atoms with Crippen LogP contribution in [0.25, 0.3) is 0 Å². The average Bonchev–Trinajstić information content (AvgIpc) is 2.14. The van der Waals surface area contributed by atoms with Crippen LogP contribution in [-0.4, -0.2) is 18.5 Å². The lowest BCUT2D eigenvalue weighted by molar-refractivity contribution is 0.0857. The summed E-state index contributed by atoms with van der Waals surface area (Å²) < 4.78 is 5.17. The van der Waals surface area contributed by atoms with Crippen molar-refractivity contribution in [1.29, 1.82) is 0 Å².